The Morgan fingerprint density at radius 2 is 1.49 bits per heavy atom. The summed E-state index contributed by atoms with van der Waals surface area (Å²) < 4.78 is 6.26. The lowest BCUT2D eigenvalue weighted by molar-refractivity contribution is -0.384. The molecule has 2 saturated heterocycles. The SMILES string of the molecule is Cc1ccc([C@@H]2OC3(C(=O)c4ccccc4C3=O)[C@@H]3C(=O)N(c4ccc([N+](=O)[O-])cc4C)C(=O)[C@@H]32)cc1. The number of aryl methyl sites for hydroxylation is 2. The zero-order chi connectivity index (χ0) is 26.2. The van der Waals surface area contributed by atoms with Gasteiger partial charge in [0, 0.05) is 23.3 Å². The number of carbonyl (C=O) groups is 4. The zero-order valence-electron chi connectivity index (χ0n) is 19.8. The molecule has 1 aliphatic carbocycles. The van der Waals surface area contributed by atoms with E-state index in [4.69, 9.17) is 4.74 Å². The number of nitrogens with zero attached hydrogens (tertiary/aromatic N) is 2. The summed E-state index contributed by atoms with van der Waals surface area (Å²) in [6.07, 6.45) is -1.02. The van der Waals surface area contributed by atoms with Crippen LogP contribution in [0.2, 0.25) is 0 Å². The van der Waals surface area contributed by atoms with Crippen LogP contribution in [-0.2, 0) is 14.3 Å². The first-order chi connectivity index (χ1) is 17.7. The number of ketones is 2. The lowest BCUT2D eigenvalue weighted by Gasteiger charge is -2.27. The third-order valence-corrected chi connectivity index (χ3v) is 7.56. The molecule has 184 valence electrons. The Balaban J connectivity index is 1.53. The molecule has 2 amide bonds. The molecule has 37 heavy (non-hydrogen) atoms. The van der Waals surface area contributed by atoms with Crippen molar-refractivity contribution in [3.63, 3.8) is 0 Å². The number of hydrogen-bond donors (Lipinski definition) is 0. The summed E-state index contributed by atoms with van der Waals surface area (Å²) in [7, 11) is 0. The number of Topliss-reactive ketones (excluding diaryl/α,β-unsaturated/α-hetero) is 2. The monoisotopic (exact) mass is 496 g/mol. The Hall–Kier alpha value is -4.50. The van der Waals surface area contributed by atoms with Crippen molar-refractivity contribution in [3.05, 3.63) is 105 Å². The van der Waals surface area contributed by atoms with Crippen LogP contribution in [0.4, 0.5) is 11.4 Å². The first kappa shape index (κ1) is 22.9. The average Bonchev–Trinajstić information content (AvgIpc) is 3.45. The minimum atomic E-state index is -2.17. The van der Waals surface area contributed by atoms with Gasteiger partial charge in [-0.1, -0.05) is 54.1 Å². The van der Waals surface area contributed by atoms with E-state index < -0.39 is 51.8 Å². The van der Waals surface area contributed by atoms with Gasteiger partial charge in [0.2, 0.25) is 29.0 Å². The molecule has 2 aliphatic heterocycles. The van der Waals surface area contributed by atoms with E-state index in [1.165, 1.54) is 30.3 Å². The van der Waals surface area contributed by atoms with Gasteiger partial charge in [0.05, 0.1) is 28.6 Å². The Bertz CT molecular complexity index is 1520. The Morgan fingerprint density at radius 3 is 2.05 bits per heavy atom. The van der Waals surface area contributed by atoms with Crippen LogP contribution in [0.1, 0.15) is 43.5 Å². The molecule has 2 heterocycles. The van der Waals surface area contributed by atoms with E-state index in [9.17, 15) is 29.3 Å². The highest BCUT2D eigenvalue weighted by molar-refractivity contribution is 6.37. The molecule has 0 saturated carbocycles. The topological polar surface area (TPSA) is 124 Å². The summed E-state index contributed by atoms with van der Waals surface area (Å²) in [5.74, 6) is -5.15. The first-order valence-corrected chi connectivity index (χ1v) is 11.7. The van der Waals surface area contributed by atoms with Crippen LogP contribution in [-0.4, -0.2) is 33.9 Å². The van der Waals surface area contributed by atoms with Crippen LogP contribution in [0.3, 0.4) is 0 Å². The average molecular weight is 496 g/mol. The molecule has 3 aromatic carbocycles. The van der Waals surface area contributed by atoms with Crippen LogP contribution >= 0.6 is 0 Å². The summed E-state index contributed by atoms with van der Waals surface area (Å²) >= 11 is 0. The molecule has 9 heteroatoms. The predicted molar refractivity (Wildman–Crippen MR) is 130 cm³/mol. The van der Waals surface area contributed by atoms with E-state index in [0.29, 0.717) is 11.1 Å². The maximum absolute atomic E-state index is 14.0. The van der Waals surface area contributed by atoms with Crippen molar-refractivity contribution in [3.8, 4) is 0 Å². The van der Waals surface area contributed by atoms with Gasteiger partial charge in [0.25, 0.3) is 5.69 Å². The number of hydrogen-bond acceptors (Lipinski definition) is 7. The fraction of sp³-hybridized carbons (Fsp3) is 0.214. The number of amides is 2. The van der Waals surface area contributed by atoms with Gasteiger partial charge in [-0.05, 0) is 31.0 Å². The number of nitro benzene ring substituents is 1. The van der Waals surface area contributed by atoms with Crippen LogP contribution in [0, 0.1) is 35.8 Å². The summed E-state index contributed by atoms with van der Waals surface area (Å²) in [6, 6.07) is 17.3. The lowest BCUT2D eigenvalue weighted by atomic mass is 9.77. The largest absolute Gasteiger partial charge is 0.349 e. The summed E-state index contributed by atoms with van der Waals surface area (Å²) in [6.45, 7) is 3.45. The Kier molecular flexibility index (Phi) is 4.80. The molecule has 9 nitrogen and oxygen atoms in total. The van der Waals surface area contributed by atoms with Crippen molar-refractivity contribution in [2.75, 3.05) is 4.90 Å². The molecule has 2 fully saturated rings. The van der Waals surface area contributed by atoms with Crippen molar-refractivity contribution in [2.45, 2.75) is 25.6 Å². The van der Waals surface area contributed by atoms with Gasteiger partial charge in [-0.3, -0.25) is 29.3 Å². The maximum Gasteiger partial charge on any atom is 0.269 e. The van der Waals surface area contributed by atoms with Crippen LogP contribution < -0.4 is 4.90 Å². The number of benzene rings is 3. The number of nitro groups is 1. The fourth-order valence-corrected chi connectivity index (χ4v) is 5.82. The molecule has 0 bridgehead atoms. The smallest absolute Gasteiger partial charge is 0.269 e. The highest BCUT2D eigenvalue weighted by atomic mass is 16.6. The summed E-state index contributed by atoms with van der Waals surface area (Å²) in [4.78, 5) is 67.1. The van der Waals surface area contributed by atoms with E-state index in [1.54, 1.807) is 31.2 Å². The molecule has 1 spiro atoms. The normalized spacial score (nSPS) is 23.6. The number of carbonyl (C=O) groups excluding carboxylic acids is 4. The second-order valence-corrected chi connectivity index (χ2v) is 9.63. The predicted octanol–water partition coefficient (Wildman–Crippen LogP) is 3.91. The molecule has 3 aromatic rings. The first-order valence-electron chi connectivity index (χ1n) is 11.7. The summed E-state index contributed by atoms with van der Waals surface area (Å²) in [5.41, 5.74) is -0.00671. The van der Waals surface area contributed by atoms with Crippen LogP contribution in [0.15, 0.2) is 66.7 Å². The highest BCUT2D eigenvalue weighted by Crippen LogP contribution is 2.57. The standard InChI is InChI=1S/C28H20N2O7/c1-14-7-9-16(10-8-14)23-21-22(28(37-23)24(31)18-5-3-4-6-19(18)25(28)32)27(34)29(26(21)33)20-12-11-17(30(35)36)13-15(20)2/h3-13,21-23H,1-2H3/t21-,22-,23-/m0/s1. The number of imide groups is 1. The molecule has 3 aliphatic rings. The number of non-ortho nitro benzene ring substituents is 1. The molecule has 0 N–H and O–H groups in total. The van der Waals surface area contributed by atoms with Gasteiger partial charge in [-0.15, -0.1) is 0 Å². The molecule has 0 unspecified atom stereocenters. The van der Waals surface area contributed by atoms with Gasteiger partial charge >= 0.3 is 0 Å². The van der Waals surface area contributed by atoms with Gasteiger partial charge in [-0.25, -0.2) is 4.90 Å². The summed E-state index contributed by atoms with van der Waals surface area (Å²) in [5, 5.41) is 11.2. The van der Waals surface area contributed by atoms with Crippen LogP contribution in [0.25, 0.3) is 0 Å². The third-order valence-electron chi connectivity index (χ3n) is 7.56. The second kappa shape index (κ2) is 7.75. The van der Waals surface area contributed by atoms with Crippen molar-refractivity contribution < 1.29 is 28.8 Å². The van der Waals surface area contributed by atoms with E-state index in [0.717, 1.165) is 10.5 Å². The number of rotatable bonds is 3. The lowest BCUT2D eigenvalue weighted by Crippen LogP contribution is -2.51. The number of fused-ring (bicyclic) bond motifs is 3. The van der Waals surface area contributed by atoms with Crippen molar-refractivity contribution in [2.24, 2.45) is 11.8 Å². The molecule has 0 aromatic heterocycles. The number of ether oxygens (including phenoxy) is 1. The van der Waals surface area contributed by atoms with Crippen molar-refractivity contribution in [1.29, 1.82) is 0 Å². The molecule has 6 rings (SSSR count). The molecular weight excluding hydrogens is 476 g/mol. The van der Waals surface area contributed by atoms with E-state index in [2.05, 4.69) is 0 Å². The van der Waals surface area contributed by atoms with E-state index in [-0.39, 0.29) is 22.5 Å². The van der Waals surface area contributed by atoms with E-state index in [1.807, 2.05) is 19.1 Å². The van der Waals surface area contributed by atoms with Gasteiger partial charge < -0.3 is 4.74 Å². The quantitative estimate of drug-likeness (QED) is 0.233. The number of anilines is 1. The van der Waals surface area contributed by atoms with Crippen LogP contribution in [0.5, 0.6) is 0 Å². The van der Waals surface area contributed by atoms with Crippen molar-refractivity contribution in [1.82, 2.24) is 0 Å². The molecular formula is C28H20N2O7. The Labute approximate surface area is 210 Å². The van der Waals surface area contributed by atoms with Gasteiger partial charge in [0.1, 0.15) is 0 Å². The molecule has 3 atom stereocenters. The minimum absolute atomic E-state index is 0.154. The minimum Gasteiger partial charge on any atom is -0.349 e. The second-order valence-electron chi connectivity index (χ2n) is 9.63. The van der Waals surface area contributed by atoms with E-state index >= 15 is 0 Å². The van der Waals surface area contributed by atoms with Crippen molar-refractivity contribution >= 4 is 34.8 Å². The van der Waals surface area contributed by atoms with Gasteiger partial charge in [0.15, 0.2) is 0 Å². The molecule has 0 radical (unpaired) electrons. The zero-order valence-corrected chi connectivity index (χ0v) is 19.8. The Morgan fingerprint density at radius 1 is 0.865 bits per heavy atom. The maximum atomic E-state index is 14.0. The fourth-order valence-electron chi connectivity index (χ4n) is 5.82. The van der Waals surface area contributed by atoms with Gasteiger partial charge in [-0.2, -0.15) is 0 Å². The third kappa shape index (κ3) is 2.94. The highest BCUT2D eigenvalue weighted by Gasteiger charge is 2.74.